The maximum atomic E-state index is 13.4. The van der Waals surface area contributed by atoms with Crippen LogP contribution in [0.3, 0.4) is 0 Å². The van der Waals surface area contributed by atoms with Gasteiger partial charge in [0.05, 0.1) is 12.1 Å². The molecule has 0 aliphatic heterocycles. The highest BCUT2D eigenvalue weighted by Crippen LogP contribution is 2.19. The number of hydrogen-bond acceptors (Lipinski definition) is 8. The largest absolute Gasteiger partial charge is 0.508 e. The van der Waals surface area contributed by atoms with Crippen LogP contribution in [0.2, 0.25) is 0 Å². The van der Waals surface area contributed by atoms with Crippen LogP contribution in [0.25, 0.3) is 10.9 Å². The van der Waals surface area contributed by atoms with Crippen LogP contribution in [0.15, 0.2) is 54.7 Å². The third kappa shape index (κ3) is 9.28. The van der Waals surface area contributed by atoms with Gasteiger partial charge in [-0.2, -0.15) is 0 Å². The summed E-state index contributed by atoms with van der Waals surface area (Å²) in [5, 5.41) is 37.4. The van der Waals surface area contributed by atoms with E-state index in [9.17, 15) is 39.3 Å². The first kappa shape index (κ1) is 32.6. The minimum absolute atomic E-state index is 0.00954. The first-order chi connectivity index (χ1) is 20.3. The molecule has 14 heteroatoms. The third-order valence-corrected chi connectivity index (χ3v) is 6.82. The fourth-order valence-electron chi connectivity index (χ4n) is 4.45. The number of primary amides is 1. The summed E-state index contributed by atoms with van der Waals surface area (Å²) in [6, 6.07) is 7.95. The molecule has 0 spiro atoms. The van der Waals surface area contributed by atoms with E-state index in [1.165, 1.54) is 19.1 Å². The van der Waals surface area contributed by atoms with Crippen molar-refractivity contribution in [3.8, 4) is 5.75 Å². The van der Waals surface area contributed by atoms with Gasteiger partial charge in [-0.05, 0) is 49.1 Å². The second-order valence-corrected chi connectivity index (χ2v) is 10.2. The molecule has 1 heterocycles. The summed E-state index contributed by atoms with van der Waals surface area (Å²) in [4.78, 5) is 65.3. The predicted octanol–water partition coefficient (Wildman–Crippen LogP) is -0.829. The molecule has 1 aromatic heterocycles. The maximum absolute atomic E-state index is 13.4. The Balaban J connectivity index is 1.77. The zero-order valence-electron chi connectivity index (χ0n) is 23.4. The zero-order valence-corrected chi connectivity index (χ0v) is 23.4. The lowest BCUT2D eigenvalue weighted by molar-refractivity contribution is -0.143. The van der Waals surface area contributed by atoms with E-state index in [4.69, 9.17) is 11.5 Å². The number of aromatic hydroxyl groups is 1. The number of aromatic amines is 1. The van der Waals surface area contributed by atoms with Crippen molar-refractivity contribution in [1.29, 1.82) is 0 Å². The van der Waals surface area contributed by atoms with Crippen molar-refractivity contribution in [2.75, 3.05) is 0 Å². The lowest BCUT2D eigenvalue weighted by Crippen LogP contribution is -2.60. The Morgan fingerprint density at radius 2 is 1.53 bits per heavy atom. The normalized spacial score (nSPS) is 14.6. The molecule has 0 saturated carbocycles. The molecule has 0 bridgehead atoms. The van der Waals surface area contributed by atoms with Gasteiger partial charge in [-0.3, -0.25) is 19.2 Å². The van der Waals surface area contributed by atoms with E-state index in [2.05, 4.69) is 20.9 Å². The van der Waals surface area contributed by atoms with Crippen LogP contribution >= 0.6 is 0 Å². The minimum atomic E-state index is -1.61. The molecule has 3 aromatic rings. The number of carbonyl (C=O) groups is 5. The van der Waals surface area contributed by atoms with Crippen LogP contribution in [0, 0.1) is 0 Å². The molecular formula is C29H36N6O8. The fraction of sp³-hybridized carbons (Fsp3) is 0.345. The van der Waals surface area contributed by atoms with Gasteiger partial charge >= 0.3 is 5.97 Å². The van der Waals surface area contributed by atoms with Crippen LogP contribution in [0.5, 0.6) is 5.75 Å². The van der Waals surface area contributed by atoms with Gasteiger partial charge < -0.3 is 47.7 Å². The number of para-hydroxylation sites is 1. The molecule has 0 aliphatic carbocycles. The molecule has 230 valence electrons. The summed E-state index contributed by atoms with van der Waals surface area (Å²) in [7, 11) is 0. The molecule has 5 unspecified atom stereocenters. The average Bonchev–Trinajstić information content (AvgIpc) is 3.36. The number of fused-ring (bicyclic) bond motifs is 1. The van der Waals surface area contributed by atoms with Crippen LogP contribution in [-0.4, -0.2) is 80.2 Å². The Morgan fingerprint density at radius 3 is 2.16 bits per heavy atom. The Bertz CT molecular complexity index is 1450. The van der Waals surface area contributed by atoms with Gasteiger partial charge in [0, 0.05) is 29.9 Å². The molecule has 0 fully saturated rings. The number of rotatable bonds is 15. The SMILES string of the molecule is CC(O)C(NC(=O)C(Cc1ccc(O)cc1)NC(=O)C(N)Cc1c[nH]c2ccccc12)C(=O)NC(CCC(N)=O)C(=O)O. The van der Waals surface area contributed by atoms with Gasteiger partial charge in [0.15, 0.2) is 0 Å². The number of aliphatic hydroxyl groups is 1. The van der Waals surface area contributed by atoms with Crippen molar-refractivity contribution in [3.63, 3.8) is 0 Å². The molecule has 5 atom stereocenters. The van der Waals surface area contributed by atoms with Gasteiger partial charge in [0.2, 0.25) is 23.6 Å². The number of phenolic OH excluding ortho intramolecular Hbond substituents is 1. The summed E-state index contributed by atoms with van der Waals surface area (Å²) in [6.45, 7) is 1.22. The molecule has 43 heavy (non-hydrogen) atoms. The van der Waals surface area contributed by atoms with Gasteiger partial charge in [0.1, 0.15) is 23.9 Å². The van der Waals surface area contributed by atoms with Crippen LogP contribution < -0.4 is 27.4 Å². The quantitative estimate of drug-likeness (QED) is 0.106. The molecule has 3 rings (SSSR count). The number of carboxylic acids is 1. The highest BCUT2D eigenvalue weighted by Gasteiger charge is 2.33. The first-order valence-electron chi connectivity index (χ1n) is 13.5. The van der Waals surface area contributed by atoms with E-state index in [1.54, 1.807) is 18.3 Å². The monoisotopic (exact) mass is 596 g/mol. The van der Waals surface area contributed by atoms with E-state index in [-0.39, 0.29) is 31.4 Å². The van der Waals surface area contributed by atoms with Crippen molar-refractivity contribution < 1.29 is 39.3 Å². The minimum Gasteiger partial charge on any atom is -0.508 e. The zero-order chi connectivity index (χ0) is 31.7. The molecule has 4 amide bonds. The number of carbonyl (C=O) groups excluding carboxylic acids is 4. The number of carboxylic acid groups (broad SMARTS) is 1. The van der Waals surface area contributed by atoms with Crippen molar-refractivity contribution in [1.82, 2.24) is 20.9 Å². The second-order valence-electron chi connectivity index (χ2n) is 10.2. The smallest absolute Gasteiger partial charge is 0.326 e. The van der Waals surface area contributed by atoms with Crippen LogP contribution in [0.1, 0.15) is 30.9 Å². The van der Waals surface area contributed by atoms with Crippen molar-refractivity contribution in [2.24, 2.45) is 11.5 Å². The second kappa shape index (κ2) is 14.8. The van der Waals surface area contributed by atoms with Crippen LogP contribution in [-0.2, 0) is 36.8 Å². The topological polar surface area (TPSA) is 250 Å². The van der Waals surface area contributed by atoms with Gasteiger partial charge in [0.25, 0.3) is 0 Å². The lowest BCUT2D eigenvalue weighted by atomic mass is 10.0. The van der Waals surface area contributed by atoms with Crippen LogP contribution in [0.4, 0.5) is 0 Å². The number of aliphatic hydroxyl groups excluding tert-OH is 1. The number of benzene rings is 2. The van der Waals surface area contributed by atoms with E-state index in [0.29, 0.717) is 5.56 Å². The standard InChI is InChI=1S/C29H36N6O8/c1-15(36)25(28(41)33-22(29(42)43)10-11-24(31)38)35-27(40)23(12-16-6-8-18(37)9-7-16)34-26(39)20(30)13-17-14-32-21-5-3-2-4-19(17)21/h2-9,14-15,20,22-23,25,32,36-37H,10-13,30H2,1H3,(H2,31,38)(H,33,41)(H,34,39)(H,35,40)(H,42,43). The van der Waals surface area contributed by atoms with Crippen molar-refractivity contribution >= 4 is 40.5 Å². The number of H-pyrrole nitrogens is 1. The summed E-state index contributed by atoms with van der Waals surface area (Å²) in [5.41, 5.74) is 13.5. The summed E-state index contributed by atoms with van der Waals surface area (Å²) in [5.74, 6) is -4.75. The fourth-order valence-corrected chi connectivity index (χ4v) is 4.45. The van der Waals surface area contributed by atoms with E-state index >= 15 is 0 Å². The number of amides is 4. The number of nitrogens with one attached hydrogen (secondary N) is 4. The lowest BCUT2D eigenvalue weighted by Gasteiger charge is -2.26. The van der Waals surface area contributed by atoms with Crippen molar-refractivity contribution in [3.05, 3.63) is 65.9 Å². The Hall–Kier alpha value is -4.95. The molecule has 2 aromatic carbocycles. The first-order valence-corrected chi connectivity index (χ1v) is 13.5. The summed E-state index contributed by atoms with van der Waals surface area (Å²) in [6.07, 6.45) is -0.249. The predicted molar refractivity (Wildman–Crippen MR) is 155 cm³/mol. The summed E-state index contributed by atoms with van der Waals surface area (Å²) < 4.78 is 0. The molecule has 14 nitrogen and oxygen atoms in total. The van der Waals surface area contributed by atoms with Gasteiger partial charge in [-0.1, -0.05) is 30.3 Å². The number of aliphatic carboxylic acids is 1. The Kier molecular flexibility index (Phi) is 11.2. The molecule has 11 N–H and O–H groups in total. The highest BCUT2D eigenvalue weighted by atomic mass is 16.4. The van der Waals surface area contributed by atoms with Gasteiger partial charge in [-0.25, -0.2) is 4.79 Å². The van der Waals surface area contributed by atoms with E-state index < -0.39 is 59.9 Å². The number of aromatic nitrogens is 1. The van der Waals surface area contributed by atoms with Crippen molar-refractivity contribution in [2.45, 2.75) is 62.9 Å². The number of nitrogens with two attached hydrogens (primary N) is 2. The average molecular weight is 597 g/mol. The maximum Gasteiger partial charge on any atom is 0.326 e. The molecule has 0 radical (unpaired) electrons. The molecular weight excluding hydrogens is 560 g/mol. The third-order valence-electron chi connectivity index (χ3n) is 6.82. The summed E-state index contributed by atoms with van der Waals surface area (Å²) >= 11 is 0. The Morgan fingerprint density at radius 1 is 0.884 bits per heavy atom. The molecule has 0 aliphatic rings. The number of phenols is 1. The van der Waals surface area contributed by atoms with E-state index in [1.807, 2.05) is 24.3 Å². The highest BCUT2D eigenvalue weighted by molar-refractivity contribution is 5.95. The Labute approximate surface area is 246 Å². The molecule has 0 saturated heterocycles. The number of hydrogen-bond donors (Lipinski definition) is 9. The van der Waals surface area contributed by atoms with E-state index in [0.717, 1.165) is 16.5 Å². The van der Waals surface area contributed by atoms with Gasteiger partial charge in [-0.15, -0.1) is 0 Å².